The number of methoxy groups -OCH3 is 1. The van der Waals surface area contributed by atoms with E-state index in [1.54, 1.807) is 0 Å². The van der Waals surface area contributed by atoms with E-state index in [4.69, 9.17) is 4.74 Å². The first-order valence-corrected chi connectivity index (χ1v) is 7.29. The number of esters is 1. The summed E-state index contributed by atoms with van der Waals surface area (Å²) in [6.07, 6.45) is 3.56. The van der Waals surface area contributed by atoms with E-state index < -0.39 is 0 Å². The summed E-state index contributed by atoms with van der Waals surface area (Å²) in [5, 5.41) is 6.94. The smallest absolute Gasteiger partial charge is 0.339 e. The van der Waals surface area contributed by atoms with E-state index in [0.717, 1.165) is 24.2 Å². The monoisotopic (exact) mass is 276 g/mol. The van der Waals surface area contributed by atoms with Crippen LogP contribution in [0.15, 0.2) is 18.2 Å². The topological polar surface area (TPSA) is 50.4 Å². The minimum atomic E-state index is -0.289. The van der Waals surface area contributed by atoms with Crippen LogP contribution >= 0.6 is 0 Å². The van der Waals surface area contributed by atoms with E-state index in [9.17, 15) is 4.79 Å². The highest BCUT2D eigenvalue weighted by Crippen LogP contribution is 2.21. The zero-order chi connectivity index (χ0) is 14.5. The Labute approximate surface area is 120 Å². The van der Waals surface area contributed by atoms with Crippen LogP contribution in [0.3, 0.4) is 0 Å². The molecule has 20 heavy (non-hydrogen) atoms. The summed E-state index contributed by atoms with van der Waals surface area (Å²) in [6, 6.07) is 6.74. The summed E-state index contributed by atoms with van der Waals surface area (Å²) in [5.74, 6) is -0.289. The lowest BCUT2D eigenvalue weighted by molar-refractivity contribution is 0.0601. The van der Waals surface area contributed by atoms with Crippen LogP contribution in [0.25, 0.3) is 0 Å². The van der Waals surface area contributed by atoms with Gasteiger partial charge in [-0.15, -0.1) is 0 Å². The number of carbonyl (C=O) groups excluding carboxylic acids is 1. The minimum absolute atomic E-state index is 0.289. The van der Waals surface area contributed by atoms with Crippen LogP contribution in [0.1, 0.15) is 42.1 Å². The normalized spacial score (nSPS) is 19.6. The molecule has 0 bridgehead atoms. The molecule has 1 aromatic carbocycles. The van der Waals surface area contributed by atoms with Gasteiger partial charge in [0.2, 0.25) is 0 Å². The van der Waals surface area contributed by atoms with Crippen molar-refractivity contribution in [2.75, 3.05) is 19.0 Å². The van der Waals surface area contributed by atoms with Gasteiger partial charge in [-0.3, -0.25) is 0 Å². The fraction of sp³-hybridized carbons (Fsp3) is 0.562. The fourth-order valence-electron chi connectivity index (χ4n) is 2.77. The summed E-state index contributed by atoms with van der Waals surface area (Å²) in [6.45, 7) is 5.25. The molecule has 2 rings (SSSR count). The lowest BCUT2D eigenvalue weighted by Crippen LogP contribution is -2.29. The number of hydrogen-bond acceptors (Lipinski definition) is 4. The molecule has 2 atom stereocenters. The maximum Gasteiger partial charge on any atom is 0.339 e. The van der Waals surface area contributed by atoms with Gasteiger partial charge in [-0.25, -0.2) is 4.79 Å². The van der Waals surface area contributed by atoms with Crippen LogP contribution in [0, 0.1) is 6.92 Å². The van der Waals surface area contributed by atoms with Gasteiger partial charge >= 0.3 is 5.97 Å². The van der Waals surface area contributed by atoms with Crippen LogP contribution in [-0.4, -0.2) is 31.7 Å². The number of anilines is 1. The van der Waals surface area contributed by atoms with Gasteiger partial charge < -0.3 is 15.4 Å². The fourth-order valence-corrected chi connectivity index (χ4v) is 2.77. The molecule has 1 fully saturated rings. The molecular formula is C16H24N2O2. The van der Waals surface area contributed by atoms with Crippen molar-refractivity contribution in [2.24, 2.45) is 0 Å². The number of rotatable bonds is 5. The van der Waals surface area contributed by atoms with Crippen LogP contribution in [0.4, 0.5) is 5.69 Å². The molecule has 0 aromatic heterocycles. The molecule has 0 saturated carbocycles. The molecule has 110 valence electrons. The predicted molar refractivity (Wildman–Crippen MR) is 81.2 cm³/mol. The summed E-state index contributed by atoms with van der Waals surface area (Å²) >= 11 is 0. The Morgan fingerprint density at radius 2 is 2.35 bits per heavy atom. The summed E-state index contributed by atoms with van der Waals surface area (Å²) in [7, 11) is 1.42. The zero-order valence-electron chi connectivity index (χ0n) is 12.5. The summed E-state index contributed by atoms with van der Waals surface area (Å²) in [5.41, 5.74) is 2.52. The summed E-state index contributed by atoms with van der Waals surface area (Å²) < 4.78 is 4.86. The highest BCUT2D eigenvalue weighted by atomic mass is 16.5. The second-order valence-corrected chi connectivity index (χ2v) is 5.61. The number of hydrogen-bond donors (Lipinski definition) is 2. The van der Waals surface area contributed by atoms with Gasteiger partial charge in [0.1, 0.15) is 0 Å². The van der Waals surface area contributed by atoms with Crippen molar-refractivity contribution in [3.63, 3.8) is 0 Å². The van der Waals surface area contributed by atoms with Crippen molar-refractivity contribution in [3.8, 4) is 0 Å². The molecule has 1 saturated heterocycles. The third-order valence-corrected chi connectivity index (χ3v) is 3.78. The van der Waals surface area contributed by atoms with Gasteiger partial charge in [-0.2, -0.15) is 0 Å². The first-order chi connectivity index (χ1) is 9.60. The molecule has 0 spiro atoms. The molecule has 1 aliphatic rings. The van der Waals surface area contributed by atoms with Crippen LogP contribution in [0.2, 0.25) is 0 Å². The molecule has 1 aliphatic heterocycles. The van der Waals surface area contributed by atoms with Crippen molar-refractivity contribution in [3.05, 3.63) is 29.3 Å². The molecule has 0 aliphatic carbocycles. The zero-order valence-corrected chi connectivity index (χ0v) is 12.5. The first-order valence-electron chi connectivity index (χ1n) is 7.29. The van der Waals surface area contributed by atoms with E-state index in [0.29, 0.717) is 17.6 Å². The van der Waals surface area contributed by atoms with Crippen molar-refractivity contribution in [1.29, 1.82) is 0 Å². The third kappa shape index (κ3) is 3.73. The van der Waals surface area contributed by atoms with Crippen LogP contribution < -0.4 is 10.6 Å². The number of ether oxygens (including phenoxy) is 1. The molecule has 0 amide bonds. The maximum absolute atomic E-state index is 11.8. The van der Waals surface area contributed by atoms with Crippen LogP contribution in [0.5, 0.6) is 0 Å². The lowest BCUT2D eigenvalue weighted by atomic mass is 10.0. The largest absolute Gasteiger partial charge is 0.465 e. The maximum atomic E-state index is 11.8. The van der Waals surface area contributed by atoms with E-state index in [-0.39, 0.29) is 5.97 Å². The van der Waals surface area contributed by atoms with Gasteiger partial charge in [0, 0.05) is 17.8 Å². The highest BCUT2D eigenvalue weighted by molar-refractivity contribution is 5.95. The Bertz CT molecular complexity index is 468. The Morgan fingerprint density at radius 1 is 1.55 bits per heavy atom. The van der Waals surface area contributed by atoms with Crippen LogP contribution in [-0.2, 0) is 4.74 Å². The third-order valence-electron chi connectivity index (χ3n) is 3.78. The molecule has 4 nitrogen and oxygen atoms in total. The van der Waals surface area contributed by atoms with E-state index in [1.165, 1.54) is 20.0 Å². The first kappa shape index (κ1) is 14.9. The second kappa shape index (κ2) is 6.75. The van der Waals surface area contributed by atoms with Gasteiger partial charge in [-0.1, -0.05) is 11.6 Å². The standard InChI is InChI=1S/C16H24N2O2/c1-11-6-7-15(14(9-11)16(19)20-3)18-12(2)10-13-5-4-8-17-13/h6-7,9,12-13,17-18H,4-5,8,10H2,1-3H3. The molecular weight excluding hydrogens is 252 g/mol. The van der Waals surface area contributed by atoms with E-state index in [1.807, 2.05) is 25.1 Å². The summed E-state index contributed by atoms with van der Waals surface area (Å²) in [4.78, 5) is 11.8. The van der Waals surface area contributed by atoms with Crippen molar-refractivity contribution >= 4 is 11.7 Å². The van der Waals surface area contributed by atoms with Crippen molar-refractivity contribution in [2.45, 2.75) is 45.2 Å². The number of benzene rings is 1. The van der Waals surface area contributed by atoms with Gasteiger partial charge in [0.15, 0.2) is 0 Å². The average molecular weight is 276 g/mol. The molecule has 4 heteroatoms. The van der Waals surface area contributed by atoms with E-state index >= 15 is 0 Å². The number of carbonyl (C=O) groups is 1. The number of aryl methyl sites for hydroxylation is 1. The quantitative estimate of drug-likeness (QED) is 0.812. The number of nitrogens with one attached hydrogen (secondary N) is 2. The lowest BCUT2D eigenvalue weighted by Gasteiger charge is -2.21. The SMILES string of the molecule is COC(=O)c1cc(C)ccc1NC(C)CC1CCCN1. The van der Waals surface area contributed by atoms with Crippen molar-refractivity contribution < 1.29 is 9.53 Å². The van der Waals surface area contributed by atoms with E-state index in [2.05, 4.69) is 17.6 Å². The van der Waals surface area contributed by atoms with Gasteiger partial charge in [-0.05, 0) is 51.8 Å². The Morgan fingerprint density at radius 3 is 3.00 bits per heavy atom. The average Bonchev–Trinajstić information content (AvgIpc) is 2.92. The predicted octanol–water partition coefficient (Wildman–Crippen LogP) is 2.72. The minimum Gasteiger partial charge on any atom is -0.465 e. The molecule has 1 heterocycles. The Balaban J connectivity index is 2.05. The van der Waals surface area contributed by atoms with Crippen molar-refractivity contribution in [1.82, 2.24) is 5.32 Å². The molecule has 1 aromatic rings. The Hall–Kier alpha value is -1.55. The Kier molecular flexibility index (Phi) is 5.01. The molecule has 2 N–H and O–H groups in total. The second-order valence-electron chi connectivity index (χ2n) is 5.61. The molecule has 2 unspecified atom stereocenters. The van der Waals surface area contributed by atoms with Gasteiger partial charge in [0.25, 0.3) is 0 Å². The van der Waals surface area contributed by atoms with Gasteiger partial charge in [0.05, 0.1) is 12.7 Å². The highest BCUT2D eigenvalue weighted by Gasteiger charge is 2.19. The molecule has 0 radical (unpaired) electrons.